The number of anilines is 2. The molecule has 0 saturated carbocycles. The van der Waals surface area contributed by atoms with Gasteiger partial charge in [-0.25, -0.2) is 0 Å². The number of methoxy groups -OCH3 is 1. The van der Waals surface area contributed by atoms with Crippen LogP contribution in [0.25, 0.3) is 0 Å². The van der Waals surface area contributed by atoms with Crippen LogP contribution in [-0.2, 0) is 0 Å². The Kier molecular flexibility index (Phi) is 5.83. The summed E-state index contributed by atoms with van der Waals surface area (Å²) in [5.41, 5.74) is 13.9. The SMILES string of the molecule is CCOc1cc(N=Nc2ccc(N)c(OC)c2OCC)ccc1N. The number of hydrogen-bond donors (Lipinski definition) is 2. The van der Waals surface area contributed by atoms with Gasteiger partial charge in [0.15, 0.2) is 11.5 Å². The first kappa shape index (κ1) is 17.4. The molecule has 0 radical (unpaired) electrons. The van der Waals surface area contributed by atoms with E-state index in [-0.39, 0.29) is 0 Å². The number of azo groups is 1. The highest BCUT2D eigenvalue weighted by Crippen LogP contribution is 2.42. The average Bonchev–Trinajstić information content (AvgIpc) is 2.57. The van der Waals surface area contributed by atoms with Crippen LogP contribution in [0.2, 0.25) is 0 Å². The molecule has 2 aromatic rings. The minimum absolute atomic E-state index is 0.445. The van der Waals surface area contributed by atoms with Gasteiger partial charge in [-0.2, -0.15) is 5.11 Å². The monoisotopic (exact) mass is 330 g/mol. The number of nitrogens with zero attached hydrogens (tertiary/aromatic N) is 2. The third-order valence-electron chi connectivity index (χ3n) is 3.18. The lowest BCUT2D eigenvalue weighted by Gasteiger charge is -2.13. The van der Waals surface area contributed by atoms with Crippen LogP contribution >= 0.6 is 0 Å². The third kappa shape index (κ3) is 3.87. The van der Waals surface area contributed by atoms with E-state index in [1.807, 2.05) is 13.8 Å². The molecular weight excluding hydrogens is 308 g/mol. The number of nitrogens with two attached hydrogens (primary N) is 2. The van der Waals surface area contributed by atoms with Crippen LogP contribution in [0.5, 0.6) is 17.2 Å². The summed E-state index contributed by atoms with van der Waals surface area (Å²) in [5, 5.41) is 8.47. The molecule has 4 N–H and O–H groups in total. The van der Waals surface area contributed by atoms with Gasteiger partial charge in [0.2, 0.25) is 0 Å². The number of ether oxygens (including phenoxy) is 3. The maximum atomic E-state index is 5.90. The van der Waals surface area contributed by atoms with Crippen molar-refractivity contribution in [3.8, 4) is 17.2 Å². The second kappa shape index (κ2) is 8.05. The fraction of sp³-hybridized carbons (Fsp3) is 0.294. The van der Waals surface area contributed by atoms with Crippen LogP contribution in [0.15, 0.2) is 40.6 Å². The molecule has 0 saturated heterocycles. The quantitative estimate of drug-likeness (QED) is 0.588. The molecule has 0 amide bonds. The normalized spacial score (nSPS) is 10.8. The van der Waals surface area contributed by atoms with Crippen molar-refractivity contribution < 1.29 is 14.2 Å². The molecule has 0 aromatic heterocycles. The van der Waals surface area contributed by atoms with Crippen molar-refractivity contribution in [3.05, 3.63) is 30.3 Å². The highest BCUT2D eigenvalue weighted by atomic mass is 16.5. The van der Waals surface area contributed by atoms with Crippen LogP contribution < -0.4 is 25.7 Å². The Morgan fingerprint density at radius 3 is 2.25 bits per heavy atom. The third-order valence-corrected chi connectivity index (χ3v) is 3.18. The summed E-state index contributed by atoms with van der Waals surface area (Å²) in [7, 11) is 1.53. The molecule has 7 nitrogen and oxygen atoms in total. The van der Waals surface area contributed by atoms with Crippen molar-refractivity contribution in [2.24, 2.45) is 10.2 Å². The van der Waals surface area contributed by atoms with Gasteiger partial charge < -0.3 is 25.7 Å². The van der Waals surface area contributed by atoms with Gasteiger partial charge >= 0.3 is 0 Å². The lowest BCUT2D eigenvalue weighted by Crippen LogP contribution is -1.99. The van der Waals surface area contributed by atoms with Gasteiger partial charge in [0, 0.05) is 6.07 Å². The van der Waals surface area contributed by atoms with Gasteiger partial charge in [0.25, 0.3) is 0 Å². The van der Waals surface area contributed by atoms with Crippen molar-refractivity contribution in [1.82, 2.24) is 0 Å². The summed E-state index contributed by atoms with van der Waals surface area (Å²) < 4.78 is 16.4. The van der Waals surface area contributed by atoms with E-state index in [0.29, 0.717) is 53.2 Å². The lowest BCUT2D eigenvalue weighted by molar-refractivity contribution is 0.313. The Bertz CT molecular complexity index is 732. The van der Waals surface area contributed by atoms with Gasteiger partial charge in [-0.15, -0.1) is 5.11 Å². The predicted octanol–water partition coefficient (Wildman–Crippen LogP) is 4.07. The van der Waals surface area contributed by atoms with Crippen molar-refractivity contribution in [2.45, 2.75) is 13.8 Å². The maximum Gasteiger partial charge on any atom is 0.190 e. The molecule has 0 aliphatic rings. The smallest absolute Gasteiger partial charge is 0.190 e. The van der Waals surface area contributed by atoms with E-state index >= 15 is 0 Å². The largest absolute Gasteiger partial charge is 0.492 e. The Balaban J connectivity index is 2.36. The summed E-state index contributed by atoms with van der Waals surface area (Å²) in [4.78, 5) is 0. The first-order chi connectivity index (χ1) is 11.6. The second-order valence-electron chi connectivity index (χ2n) is 4.82. The summed E-state index contributed by atoms with van der Waals surface area (Å²) in [6.07, 6.45) is 0. The standard InChI is InChI=1S/C17H22N4O3/c1-4-23-15-10-11(6-7-12(15)18)20-21-14-9-8-13(19)16(22-3)17(14)24-5-2/h6-10H,4-5,18-19H2,1-3H3. The fourth-order valence-electron chi connectivity index (χ4n) is 2.12. The molecule has 0 fully saturated rings. The first-order valence-electron chi connectivity index (χ1n) is 7.64. The summed E-state index contributed by atoms with van der Waals surface area (Å²) in [6, 6.07) is 8.65. The van der Waals surface area contributed by atoms with Crippen LogP contribution in [0.1, 0.15) is 13.8 Å². The molecule has 128 valence electrons. The lowest BCUT2D eigenvalue weighted by atomic mass is 10.2. The number of nitrogen functional groups attached to an aromatic ring is 2. The molecule has 0 unspecified atom stereocenters. The Labute approximate surface area is 141 Å². The topological polar surface area (TPSA) is 104 Å². The van der Waals surface area contributed by atoms with E-state index in [1.165, 1.54) is 7.11 Å². The molecular formula is C17H22N4O3. The number of rotatable bonds is 7. The van der Waals surface area contributed by atoms with E-state index in [4.69, 9.17) is 25.7 Å². The summed E-state index contributed by atoms with van der Waals surface area (Å²) >= 11 is 0. The molecule has 0 spiro atoms. The number of benzene rings is 2. The molecule has 0 aliphatic heterocycles. The molecule has 0 bridgehead atoms. The summed E-state index contributed by atoms with van der Waals surface area (Å²) in [6.45, 7) is 4.74. The van der Waals surface area contributed by atoms with Crippen LogP contribution in [0, 0.1) is 0 Å². The molecule has 0 aliphatic carbocycles. The minimum Gasteiger partial charge on any atom is -0.492 e. The summed E-state index contributed by atoms with van der Waals surface area (Å²) in [5.74, 6) is 1.48. The van der Waals surface area contributed by atoms with E-state index in [9.17, 15) is 0 Å². The van der Waals surface area contributed by atoms with E-state index < -0.39 is 0 Å². The maximum absolute atomic E-state index is 5.90. The zero-order valence-electron chi connectivity index (χ0n) is 14.1. The van der Waals surface area contributed by atoms with Gasteiger partial charge in [-0.1, -0.05) is 0 Å². The van der Waals surface area contributed by atoms with Gasteiger partial charge in [-0.3, -0.25) is 0 Å². The Hall–Kier alpha value is -2.96. The Morgan fingerprint density at radius 1 is 0.875 bits per heavy atom. The molecule has 24 heavy (non-hydrogen) atoms. The van der Waals surface area contributed by atoms with Crippen molar-refractivity contribution in [1.29, 1.82) is 0 Å². The zero-order valence-corrected chi connectivity index (χ0v) is 14.1. The fourth-order valence-corrected chi connectivity index (χ4v) is 2.12. The molecule has 2 rings (SSSR count). The number of hydrogen-bond acceptors (Lipinski definition) is 7. The Morgan fingerprint density at radius 2 is 1.58 bits per heavy atom. The zero-order chi connectivity index (χ0) is 17.5. The first-order valence-corrected chi connectivity index (χ1v) is 7.64. The van der Waals surface area contributed by atoms with Crippen molar-refractivity contribution >= 4 is 22.7 Å². The highest BCUT2D eigenvalue weighted by molar-refractivity contribution is 5.70. The molecule has 0 heterocycles. The van der Waals surface area contributed by atoms with E-state index in [0.717, 1.165) is 0 Å². The van der Waals surface area contributed by atoms with Gasteiger partial charge in [0.1, 0.15) is 11.4 Å². The highest BCUT2D eigenvalue weighted by Gasteiger charge is 2.14. The van der Waals surface area contributed by atoms with Crippen LogP contribution in [0.3, 0.4) is 0 Å². The minimum atomic E-state index is 0.445. The van der Waals surface area contributed by atoms with Crippen molar-refractivity contribution in [2.75, 3.05) is 31.8 Å². The molecule has 7 heteroatoms. The predicted molar refractivity (Wildman–Crippen MR) is 94.8 cm³/mol. The molecule has 2 aromatic carbocycles. The van der Waals surface area contributed by atoms with E-state index in [1.54, 1.807) is 30.3 Å². The van der Waals surface area contributed by atoms with Gasteiger partial charge in [0.05, 0.1) is 37.4 Å². The van der Waals surface area contributed by atoms with E-state index in [2.05, 4.69) is 10.2 Å². The van der Waals surface area contributed by atoms with Crippen LogP contribution in [-0.4, -0.2) is 20.3 Å². The molecule has 0 atom stereocenters. The average molecular weight is 330 g/mol. The van der Waals surface area contributed by atoms with Crippen LogP contribution in [0.4, 0.5) is 22.7 Å². The van der Waals surface area contributed by atoms with Gasteiger partial charge in [-0.05, 0) is 38.1 Å². The van der Waals surface area contributed by atoms with Crippen molar-refractivity contribution in [3.63, 3.8) is 0 Å². The second-order valence-corrected chi connectivity index (χ2v) is 4.82.